The van der Waals surface area contributed by atoms with Crippen LogP contribution in [0.25, 0.3) is 0 Å². The maximum absolute atomic E-state index is 12.7. The predicted octanol–water partition coefficient (Wildman–Crippen LogP) is 1.34. The molecule has 0 unspecified atom stereocenters. The number of hydrogen-bond acceptors (Lipinski definition) is 4. The van der Waals surface area contributed by atoms with Gasteiger partial charge in [0.1, 0.15) is 0 Å². The van der Waals surface area contributed by atoms with Crippen molar-refractivity contribution >= 4 is 23.6 Å². The number of nitrogens with one attached hydrogen (secondary N) is 1. The normalized spacial score (nSPS) is 12.7. The monoisotopic (exact) mass is 379 g/mol. The Bertz CT molecular complexity index is 938. The number of carbonyl (C=O) groups is 4. The van der Waals surface area contributed by atoms with Crippen LogP contribution in [0.4, 0.5) is 0 Å². The lowest BCUT2D eigenvalue weighted by Gasteiger charge is -2.13. The Balaban J connectivity index is 1.70. The van der Waals surface area contributed by atoms with Gasteiger partial charge in [0.15, 0.2) is 0 Å². The second kappa shape index (κ2) is 8.04. The summed E-state index contributed by atoms with van der Waals surface area (Å²) in [6.45, 7) is 0.133. The van der Waals surface area contributed by atoms with E-state index in [1.807, 2.05) is 30.3 Å². The van der Waals surface area contributed by atoms with Gasteiger partial charge in [-0.2, -0.15) is 0 Å². The van der Waals surface area contributed by atoms with E-state index in [0.29, 0.717) is 12.0 Å². The number of benzene rings is 2. The van der Waals surface area contributed by atoms with Crippen LogP contribution in [-0.2, 0) is 11.2 Å². The van der Waals surface area contributed by atoms with E-state index in [9.17, 15) is 19.2 Å². The molecule has 1 aliphatic rings. The molecule has 7 heteroatoms. The van der Waals surface area contributed by atoms with Gasteiger partial charge in [0.05, 0.1) is 17.7 Å². The first-order chi connectivity index (χ1) is 13.4. The zero-order valence-corrected chi connectivity index (χ0v) is 15.8. The molecule has 0 atom stereocenters. The number of likely N-dealkylation sites (N-methyl/N-ethyl adjacent to an activating group) is 1. The van der Waals surface area contributed by atoms with Gasteiger partial charge >= 0.3 is 0 Å². The summed E-state index contributed by atoms with van der Waals surface area (Å²) in [5, 5.41) is 2.52. The van der Waals surface area contributed by atoms with Crippen molar-refractivity contribution in [2.45, 2.75) is 6.42 Å². The lowest BCUT2D eigenvalue weighted by Crippen LogP contribution is -2.36. The predicted molar refractivity (Wildman–Crippen MR) is 103 cm³/mol. The van der Waals surface area contributed by atoms with Gasteiger partial charge in [-0.05, 0) is 30.2 Å². The fourth-order valence-corrected chi connectivity index (χ4v) is 2.94. The van der Waals surface area contributed by atoms with E-state index in [1.165, 1.54) is 28.0 Å². The molecule has 1 aliphatic heterocycles. The van der Waals surface area contributed by atoms with Gasteiger partial charge in [0.2, 0.25) is 5.91 Å². The Morgan fingerprint density at radius 3 is 2.32 bits per heavy atom. The maximum Gasteiger partial charge on any atom is 0.261 e. The van der Waals surface area contributed by atoms with Crippen LogP contribution in [0.2, 0.25) is 0 Å². The zero-order chi connectivity index (χ0) is 20.3. The van der Waals surface area contributed by atoms with Crippen molar-refractivity contribution in [1.82, 2.24) is 15.1 Å². The minimum absolute atomic E-state index is 0.140. The summed E-state index contributed by atoms with van der Waals surface area (Å²) in [5.41, 5.74) is 1.77. The molecule has 0 aliphatic carbocycles. The molecule has 0 saturated carbocycles. The minimum atomic E-state index is -0.471. The van der Waals surface area contributed by atoms with Crippen LogP contribution < -0.4 is 5.32 Å². The fourth-order valence-electron chi connectivity index (χ4n) is 2.94. The van der Waals surface area contributed by atoms with Crippen LogP contribution in [-0.4, -0.2) is 60.6 Å². The second-order valence-electron chi connectivity index (χ2n) is 6.73. The summed E-state index contributed by atoms with van der Waals surface area (Å²) in [4.78, 5) is 51.7. The molecule has 1 N–H and O–H groups in total. The molecule has 0 saturated heterocycles. The highest BCUT2D eigenvalue weighted by Gasteiger charge is 2.35. The highest BCUT2D eigenvalue weighted by atomic mass is 16.2. The number of rotatable bonds is 6. The molecule has 0 bridgehead atoms. The molecular formula is C21H21N3O4. The van der Waals surface area contributed by atoms with Gasteiger partial charge in [0, 0.05) is 26.2 Å². The van der Waals surface area contributed by atoms with Crippen molar-refractivity contribution in [3.63, 3.8) is 0 Å². The summed E-state index contributed by atoms with van der Waals surface area (Å²) in [6.07, 6.45) is 0.562. The first-order valence-electron chi connectivity index (χ1n) is 8.91. The largest absolute Gasteiger partial charge is 0.347 e. The molecule has 0 fully saturated rings. The van der Waals surface area contributed by atoms with Crippen LogP contribution in [0.5, 0.6) is 0 Å². The number of amides is 4. The van der Waals surface area contributed by atoms with Gasteiger partial charge in [0.25, 0.3) is 17.7 Å². The average Bonchev–Trinajstić information content (AvgIpc) is 2.94. The number of fused-ring (bicyclic) bond motifs is 1. The highest BCUT2D eigenvalue weighted by molar-refractivity contribution is 6.22. The molecule has 2 aromatic carbocycles. The van der Waals surface area contributed by atoms with Gasteiger partial charge in [-0.25, -0.2) is 0 Å². The molecule has 3 rings (SSSR count). The molecule has 144 valence electrons. The average molecular weight is 379 g/mol. The smallest absolute Gasteiger partial charge is 0.261 e. The summed E-state index contributed by atoms with van der Waals surface area (Å²) in [7, 11) is 3.19. The quantitative estimate of drug-likeness (QED) is 0.768. The lowest BCUT2D eigenvalue weighted by molar-refractivity contribution is -0.127. The van der Waals surface area contributed by atoms with Crippen LogP contribution in [0, 0.1) is 0 Å². The molecule has 7 nitrogen and oxygen atoms in total. The standard InChI is InChI=1S/C21H21N3O4/c1-23(2)18(25)13-22-19(26)15-8-9-16-17(12-15)21(28)24(20(16)27)11-10-14-6-4-3-5-7-14/h3-9,12H,10-11,13H2,1-2H3,(H,22,26). The molecule has 2 aromatic rings. The van der Waals surface area contributed by atoms with Gasteiger partial charge in [-0.1, -0.05) is 30.3 Å². The van der Waals surface area contributed by atoms with E-state index in [-0.39, 0.29) is 36.0 Å². The van der Waals surface area contributed by atoms with Gasteiger partial charge < -0.3 is 10.2 Å². The Labute approximate surface area is 162 Å². The number of hydrogen-bond donors (Lipinski definition) is 1. The van der Waals surface area contributed by atoms with E-state index >= 15 is 0 Å². The van der Waals surface area contributed by atoms with E-state index in [1.54, 1.807) is 14.1 Å². The van der Waals surface area contributed by atoms with E-state index in [0.717, 1.165) is 5.56 Å². The Hall–Kier alpha value is -3.48. The topological polar surface area (TPSA) is 86.8 Å². The third-order valence-electron chi connectivity index (χ3n) is 4.60. The summed E-state index contributed by atoms with van der Waals surface area (Å²) in [5.74, 6) is -1.48. The second-order valence-corrected chi connectivity index (χ2v) is 6.73. The first kappa shape index (κ1) is 19.3. The minimum Gasteiger partial charge on any atom is -0.347 e. The lowest BCUT2D eigenvalue weighted by atomic mass is 10.1. The maximum atomic E-state index is 12.7. The first-order valence-corrected chi connectivity index (χ1v) is 8.91. The fraction of sp³-hybridized carbons (Fsp3) is 0.238. The van der Waals surface area contributed by atoms with E-state index in [2.05, 4.69) is 5.32 Å². The van der Waals surface area contributed by atoms with E-state index < -0.39 is 11.8 Å². The van der Waals surface area contributed by atoms with Crippen molar-refractivity contribution in [1.29, 1.82) is 0 Å². The Morgan fingerprint density at radius 2 is 1.64 bits per heavy atom. The molecule has 1 heterocycles. The Kier molecular flexibility index (Phi) is 5.54. The molecule has 0 spiro atoms. The van der Waals surface area contributed by atoms with Crippen molar-refractivity contribution < 1.29 is 19.2 Å². The summed E-state index contributed by atoms with van der Waals surface area (Å²) < 4.78 is 0. The third kappa shape index (κ3) is 3.93. The van der Waals surface area contributed by atoms with Gasteiger partial charge in [-0.3, -0.25) is 24.1 Å². The Morgan fingerprint density at radius 1 is 0.964 bits per heavy atom. The summed E-state index contributed by atoms with van der Waals surface area (Å²) in [6, 6.07) is 14.0. The van der Waals surface area contributed by atoms with E-state index in [4.69, 9.17) is 0 Å². The van der Waals surface area contributed by atoms with Crippen LogP contribution >= 0.6 is 0 Å². The molecule has 0 aromatic heterocycles. The van der Waals surface area contributed by atoms with Crippen molar-refractivity contribution in [2.75, 3.05) is 27.2 Å². The third-order valence-corrected chi connectivity index (χ3v) is 4.60. The van der Waals surface area contributed by atoms with Gasteiger partial charge in [-0.15, -0.1) is 0 Å². The van der Waals surface area contributed by atoms with Crippen molar-refractivity contribution in [3.8, 4) is 0 Å². The van der Waals surface area contributed by atoms with Crippen LogP contribution in [0.3, 0.4) is 0 Å². The zero-order valence-electron chi connectivity index (χ0n) is 15.8. The number of imide groups is 1. The number of carbonyl (C=O) groups excluding carboxylic acids is 4. The van der Waals surface area contributed by atoms with Crippen LogP contribution in [0.1, 0.15) is 36.6 Å². The molecule has 28 heavy (non-hydrogen) atoms. The number of nitrogens with zero attached hydrogens (tertiary/aromatic N) is 2. The van der Waals surface area contributed by atoms with Crippen LogP contribution in [0.15, 0.2) is 48.5 Å². The SMILES string of the molecule is CN(C)C(=O)CNC(=O)c1ccc2c(c1)C(=O)N(CCc1ccccc1)C2=O. The molecule has 4 amide bonds. The molecular weight excluding hydrogens is 358 g/mol. The molecule has 0 radical (unpaired) electrons. The highest BCUT2D eigenvalue weighted by Crippen LogP contribution is 2.24. The summed E-state index contributed by atoms with van der Waals surface area (Å²) >= 11 is 0. The van der Waals surface area contributed by atoms with Crippen molar-refractivity contribution in [3.05, 3.63) is 70.8 Å². The van der Waals surface area contributed by atoms with Crippen molar-refractivity contribution in [2.24, 2.45) is 0 Å².